The van der Waals surface area contributed by atoms with Crippen molar-refractivity contribution in [2.45, 2.75) is 52.9 Å². The van der Waals surface area contributed by atoms with E-state index in [1.807, 2.05) is 0 Å². The second-order valence-electron chi connectivity index (χ2n) is 5.97. The number of benzene rings is 1. The minimum atomic E-state index is 0.302. The van der Waals surface area contributed by atoms with Gasteiger partial charge in [0.25, 0.3) is 0 Å². The summed E-state index contributed by atoms with van der Waals surface area (Å²) < 4.78 is 5.84. The van der Waals surface area contributed by atoms with Crippen LogP contribution in [0.2, 0.25) is 0 Å². The molecule has 0 spiro atoms. The van der Waals surface area contributed by atoms with Crippen LogP contribution in [0.5, 0.6) is 0 Å². The normalized spacial score (nSPS) is 23.1. The van der Waals surface area contributed by atoms with E-state index in [0.29, 0.717) is 12.2 Å². The zero-order valence-electron chi connectivity index (χ0n) is 13.3. The first-order valence-electron chi connectivity index (χ1n) is 7.80. The van der Waals surface area contributed by atoms with E-state index in [-0.39, 0.29) is 0 Å². The molecule has 0 radical (unpaired) electrons. The molecule has 1 aliphatic rings. The summed E-state index contributed by atoms with van der Waals surface area (Å²) in [4.78, 5) is 2.47. The average Bonchev–Trinajstić information content (AvgIpc) is 2.38. The molecule has 1 aliphatic heterocycles. The Balaban J connectivity index is 2.16. The SMILES string of the molecule is CCCNCc1cc(C)ccc1N1CC(C)OC(C)C1. The number of aryl methyl sites for hydroxylation is 1. The lowest BCUT2D eigenvalue weighted by Crippen LogP contribution is -2.46. The Morgan fingerprint density at radius 3 is 2.60 bits per heavy atom. The zero-order chi connectivity index (χ0) is 14.5. The van der Waals surface area contributed by atoms with Crippen molar-refractivity contribution in [1.29, 1.82) is 0 Å². The fourth-order valence-corrected chi connectivity index (χ4v) is 2.94. The van der Waals surface area contributed by atoms with Gasteiger partial charge in [-0.2, -0.15) is 0 Å². The van der Waals surface area contributed by atoms with E-state index in [1.54, 1.807) is 0 Å². The van der Waals surface area contributed by atoms with Gasteiger partial charge in [0.2, 0.25) is 0 Å². The van der Waals surface area contributed by atoms with Gasteiger partial charge in [0.1, 0.15) is 0 Å². The third-order valence-corrected chi connectivity index (χ3v) is 3.74. The molecular formula is C17H28N2O. The molecule has 1 fully saturated rings. The van der Waals surface area contributed by atoms with Gasteiger partial charge >= 0.3 is 0 Å². The van der Waals surface area contributed by atoms with Crippen LogP contribution in [0.1, 0.15) is 38.3 Å². The summed E-state index contributed by atoms with van der Waals surface area (Å²) in [6, 6.07) is 6.79. The van der Waals surface area contributed by atoms with Gasteiger partial charge in [-0.05, 0) is 45.4 Å². The maximum absolute atomic E-state index is 5.84. The first-order chi connectivity index (χ1) is 9.60. The lowest BCUT2D eigenvalue weighted by molar-refractivity contribution is -0.00526. The number of hydrogen-bond donors (Lipinski definition) is 1. The lowest BCUT2D eigenvalue weighted by atomic mass is 10.1. The van der Waals surface area contributed by atoms with E-state index in [4.69, 9.17) is 4.74 Å². The molecule has 1 aromatic rings. The molecule has 2 rings (SSSR count). The molecule has 0 aliphatic carbocycles. The summed E-state index contributed by atoms with van der Waals surface area (Å²) in [7, 11) is 0. The molecule has 1 aromatic carbocycles. The van der Waals surface area contributed by atoms with Gasteiger partial charge in [-0.15, -0.1) is 0 Å². The van der Waals surface area contributed by atoms with Gasteiger partial charge in [0.15, 0.2) is 0 Å². The number of nitrogens with zero attached hydrogens (tertiary/aromatic N) is 1. The van der Waals surface area contributed by atoms with Crippen molar-refractivity contribution in [2.75, 3.05) is 24.5 Å². The Labute approximate surface area is 123 Å². The van der Waals surface area contributed by atoms with Crippen molar-refractivity contribution in [2.24, 2.45) is 0 Å². The van der Waals surface area contributed by atoms with Crippen LogP contribution in [0, 0.1) is 6.92 Å². The van der Waals surface area contributed by atoms with E-state index < -0.39 is 0 Å². The Morgan fingerprint density at radius 2 is 1.95 bits per heavy atom. The maximum Gasteiger partial charge on any atom is 0.0726 e. The van der Waals surface area contributed by atoms with Crippen LogP contribution in [-0.4, -0.2) is 31.8 Å². The number of morpholine rings is 1. The summed E-state index contributed by atoms with van der Waals surface area (Å²) in [5.41, 5.74) is 4.09. The Bertz CT molecular complexity index is 423. The summed E-state index contributed by atoms with van der Waals surface area (Å²) in [5.74, 6) is 0. The third kappa shape index (κ3) is 3.97. The molecule has 0 amide bonds. The smallest absolute Gasteiger partial charge is 0.0726 e. The van der Waals surface area contributed by atoms with Crippen LogP contribution < -0.4 is 10.2 Å². The van der Waals surface area contributed by atoms with Crippen molar-refractivity contribution < 1.29 is 4.74 Å². The van der Waals surface area contributed by atoms with Crippen molar-refractivity contribution in [1.82, 2.24) is 5.32 Å². The molecule has 0 bridgehead atoms. The minimum absolute atomic E-state index is 0.302. The molecule has 1 N–H and O–H groups in total. The van der Waals surface area contributed by atoms with Crippen LogP contribution >= 0.6 is 0 Å². The highest BCUT2D eigenvalue weighted by atomic mass is 16.5. The third-order valence-electron chi connectivity index (χ3n) is 3.74. The molecule has 2 unspecified atom stereocenters. The maximum atomic E-state index is 5.84. The van der Waals surface area contributed by atoms with E-state index in [1.165, 1.54) is 23.2 Å². The molecule has 20 heavy (non-hydrogen) atoms. The largest absolute Gasteiger partial charge is 0.372 e. The highest BCUT2D eigenvalue weighted by molar-refractivity contribution is 5.55. The molecule has 3 nitrogen and oxygen atoms in total. The van der Waals surface area contributed by atoms with Crippen LogP contribution in [0.25, 0.3) is 0 Å². The Hall–Kier alpha value is -1.06. The van der Waals surface area contributed by atoms with Crippen molar-refractivity contribution in [3.63, 3.8) is 0 Å². The molecule has 1 saturated heterocycles. The van der Waals surface area contributed by atoms with E-state index >= 15 is 0 Å². The molecule has 1 heterocycles. The molecule has 3 heteroatoms. The number of nitrogens with one attached hydrogen (secondary N) is 1. The molecule has 0 saturated carbocycles. The second-order valence-corrected chi connectivity index (χ2v) is 5.97. The Kier molecular flexibility index (Phi) is 5.44. The molecule has 112 valence electrons. The predicted octanol–water partition coefficient (Wildman–Crippen LogP) is 3.11. The first kappa shape index (κ1) is 15.3. The number of hydrogen-bond acceptors (Lipinski definition) is 3. The quantitative estimate of drug-likeness (QED) is 0.836. The number of anilines is 1. The van der Waals surface area contributed by atoms with Gasteiger partial charge in [0, 0.05) is 25.3 Å². The fraction of sp³-hybridized carbons (Fsp3) is 0.647. The highest BCUT2D eigenvalue weighted by Crippen LogP contribution is 2.25. The summed E-state index contributed by atoms with van der Waals surface area (Å²) >= 11 is 0. The lowest BCUT2D eigenvalue weighted by Gasteiger charge is -2.38. The molecule has 0 aromatic heterocycles. The minimum Gasteiger partial charge on any atom is -0.372 e. The monoisotopic (exact) mass is 276 g/mol. The standard InChI is InChI=1S/C17H28N2O/c1-5-8-18-10-16-9-13(2)6-7-17(16)19-11-14(3)20-15(4)12-19/h6-7,9,14-15,18H,5,8,10-12H2,1-4H3. The van der Waals surface area contributed by atoms with E-state index in [9.17, 15) is 0 Å². The van der Waals surface area contributed by atoms with Gasteiger partial charge in [0.05, 0.1) is 12.2 Å². The van der Waals surface area contributed by atoms with Crippen molar-refractivity contribution in [3.8, 4) is 0 Å². The predicted molar refractivity (Wildman–Crippen MR) is 85.4 cm³/mol. The van der Waals surface area contributed by atoms with Gasteiger partial charge < -0.3 is 15.0 Å². The average molecular weight is 276 g/mol. The number of rotatable bonds is 5. The first-order valence-corrected chi connectivity index (χ1v) is 7.80. The van der Waals surface area contributed by atoms with Crippen LogP contribution in [-0.2, 0) is 11.3 Å². The molecular weight excluding hydrogens is 248 g/mol. The summed E-state index contributed by atoms with van der Waals surface area (Å²) in [6.45, 7) is 12.7. The summed E-state index contributed by atoms with van der Waals surface area (Å²) in [6.07, 6.45) is 1.78. The van der Waals surface area contributed by atoms with E-state index in [0.717, 1.165) is 26.2 Å². The van der Waals surface area contributed by atoms with Crippen LogP contribution in [0.4, 0.5) is 5.69 Å². The molecule has 2 atom stereocenters. The van der Waals surface area contributed by atoms with E-state index in [2.05, 4.69) is 56.1 Å². The zero-order valence-corrected chi connectivity index (χ0v) is 13.3. The number of ether oxygens (including phenoxy) is 1. The van der Waals surface area contributed by atoms with Crippen LogP contribution in [0.3, 0.4) is 0 Å². The van der Waals surface area contributed by atoms with Gasteiger partial charge in [-0.3, -0.25) is 0 Å². The second kappa shape index (κ2) is 7.09. The topological polar surface area (TPSA) is 24.5 Å². The fourth-order valence-electron chi connectivity index (χ4n) is 2.94. The van der Waals surface area contributed by atoms with Gasteiger partial charge in [-0.1, -0.05) is 24.6 Å². The van der Waals surface area contributed by atoms with Gasteiger partial charge in [-0.25, -0.2) is 0 Å². The van der Waals surface area contributed by atoms with Crippen molar-refractivity contribution in [3.05, 3.63) is 29.3 Å². The van der Waals surface area contributed by atoms with Crippen LogP contribution in [0.15, 0.2) is 18.2 Å². The Morgan fingerprint density at radius 1 is 1.25 bits per heavy atom. The highest BCUT2D eigenvalue weighted by Gasteiger charge is 2.23. The van der Waals surface area contributed by atoms with Crippen molar-refractivity contribution >= 4 is 5.69 Å². The summed E-state index contributed by atoms with van der Waals surface area (Å²) in [5, 5.41) is 3.52.